The van der Waals surface area contributed by atoms with Gasteiger partial charge in [0.15, 0.2) is 0 Å². The number of nitrogens with two attached hydrogens (primary N) is 1. The van der Waals surface area contributed by atoms with Crippen molar-refractivity contribution in [1.82, 2.24) is 4.90 Å². The molecule has 2 fully saturated rings. The number of amides is 1. The normalized spacial score (nSPS) is 21.7. The third kappa shape index (κ3) is 5.72. The highest BCUT2D eigenvalue weighted by Gasteiger charge is 2.31. The van der Waals surface area contributed by atoms with Crippen LogP contribution in [0.3, 0.4) is 0 Å². The fourth-order valence-corrected chi connectivity index (χ4v) is 4.63. The third-order valence-corrected chi connectivity index (χ3v) is 6.24. The van der Waals surface area contributed by atoms with Gasteiger partial charge in [0, 0.05) is 19.0 Å². The molecule has 0 unspecified atom stereocenters. The smallest absolute Gasteiger partial charge is 0.239 e. The van der Waals surface area contributed by atoms with E-state index in [-0.39, 0.29) is 18.0 Å². The Labute approximate surface area is 168 Å². The molecule has 1 aromatic carbocycles. The maximum Gasteiger partial charge on any atom is 0.239 e. The molecule has 28 heavy (non-hydrogen) atoms. The Kier molecular flexibility index (Phi) is 7.73. The molecule has 1 saturated carbocycles. The molecule has 2 atom stereocenters. The Morgan fingerprint density at radius 2 is 1.86 bits per heavy atom. The van der Waals surface area contributed by atoms with Crippen molar-refractivity contribution in [3.05, 3.63) is 29.8 Å². The summed E-state index contributed by atoms with van der Waals surface area (Å²) in [5, 5.41) is 8.87. The molecule has 0 bridgehead atoms. The lowest BCUT2D eigenvalue weighted by molar-refractivity contribution is -0.137. The number of carbonyl (C=O) groups is 1. The SMILES string of the molecule is N#Cc1ccc(OCC[C@H]2CCCCN2C(=O)[C@H](N)CC2CCCCC2)cc1. The second-order valence-corrected chi connectivity index (χ2v) is 8.30. The van der Waals surface area contributed by atoms with Gasteiger partial charge in [-0.15, -0.1) is 0 Å². The van der Waals surface area contributed by atoms with Gasteiger partial charge >= 0.3 is 0 Å². The average Bonchev–Trinajstić information content (AvgIpc) is 2.75. The minimum atomic E-state index is -0.358. The number of likely N-dealkylation sites (tertiary alicyclic amines) is 1. The molecule has 2 N–H and O–H groups in total. The Morgan fingerprint density at radius 3 is 2.57 bits per heavy atom. The Balaban J connectivity index is 1.49. The zero-order valence-electron chi connectivity index (χ0n) is 16.8. The number of nitriles is 1. The first-order chi connectivity index (χ1) is 13.7. The maximum atomic E-state index is 13.0. The Morgan fingerprint density at radius 1 is 1.14 bits per heavy atom. The summed E-state index contributed by atoms with van der Waals surface area (Å²) in [4.78, 5) is 15.0. The van der Waals surface area contributed by atoms with Crippen LogP contribution in [0.1, 0.15) is 69.8 Å². The van der Waals surface area contributed by atoms with Crippen LogP contribution in [-0.2, 0) is 4.79 Å². The Hall–Kier alpha value is -2.06. The van der Waals surface area contributed by atoms with Crippen LogP contribution in [-0.4, -0.2) is 36.0 Å². The van der Waals surface area contributed by atoms with Crippen molar-refractivity contribution < 1.29 is 9.53 Å². The van der Waals surface area contributed by atoms with Crippen LogP contribution in [0, 0.1) is 17.2 Å². The van der Waals surface area contributed by atoms with E-state index in [1.165, 1.54) is 32.1 Å². The molecule has 0 aromatic heterocycles. The van der Waals surface area contributed by atoms with E-state index in [1.54, 1.807) is 12.1 Å². The van der Waals surface area contributed by atoms with Crippen LogP contribution in [0.4, 0.5) is 0 Å². The van der Waals surface area contributed by atoms with E-state index in [0.29, 0.717) is 18.1 Å². The first-order valence-electron chi connectivity index (χ1n) is 10.9. The number of carbonyl (C=O) groups excluding carboxylic acids is 1. The van der Waals surface area contributed by atoms with Gasteiger partial charge in [0.25, 0.3) is 0 Å². The lowest BCUT2D eigenvalue weighted by Crippen LogP contribution is -2.51. The molecule has 5 nitrogen and oxygen atoms in total. The van der Waals surface area contributed by atoms with Crippen LogP contribution in [0.2, 0.25) is 0 Å². The highest BCUT2D eigenvalue weighted by molar-refractivity contribution is 5.82. The van der Waals surface area contributed by atoms with Gasteiger partial charge in [0.05, 0.1) is 24.3 Å². The standard InChI is InChI=1S/C23H33N3O2/c24-17-19-9-11-21(12-10-19)28-15-13-20-8-4-5-14-26(20)23(27)22(25)16-18-6-2-1-3-7-18/h9-12,18,20,22H,1-8,13-16,25H2/t20-,22-/m1/s1. The molecule has 1 heterocycles. The van der Waals surface area contributed by atoms with Gasteiger partial charge in [-0.25, -0.2) is 0 Å². The summed E-state index contributed by atoms with van der Waals surface area (Å²) in [6.07, 6.45) is 11.2. The van der Waals surface area contributed by atoms with Crippen LogP contribution in [0.15, 0.2) is 24.3 Å². The van der Waals surface area contributed by atoms with Gasteiger partial charge in [0.1, 0.15) is 5.75 Å². The topological polar surface area (TPSA) is 79.3 Å². The molecule has 1 aliphatic heterocycles. The monoisotopic (exact) mass is 383 g/mol. The molecule has 1 saturated heterocycles. The van der Waals surface area contributed by atoms with Gasteiger partial charge in [-0.1, -0.05) is 32.1 Å². The van der Waals surface area contributed by atoms with Crippen molar-refractivity contribution in [2.75, 3.05) is 13.2 Å². The van der Waals surface area contributed by atoms with E-state index in [9.17, 15) is 4.79 Å². The molecule has 1 aliphatic carbocycles. The number of rotatable bonds is 7. The lowest BCUT2D eigenvalue weighted by Gasteiger charge is -2.38. The number of hydrogen-bond acceptors (Lipinski definition) is 4. The molecule has 1 aromatic rings. The molecule has 0 spiro atoms. The molecule has 2 aliphatic rings. The van der Waals surface area contributed by atoms with Gasteiger partial charge < -0.3 is 15.4 Å². The Bertz CT molecular complexity index is 661. The fourth-order valence-electron chi connectivity index (χ4n) is 4.63. The van der Waals surface area contributed by atoms with E-state index in [4.69, 9.17) is 15.7 Å². The van der Waals surface area contributed by atoms with E-state index >= 15 is 0 Å². The summed E-state index contributed by atoms with van der Waals surface area (Å²) in [5.41, 5.74) is 6.97. The largest absolute Gasteiger partial charge is 0.494 e. The van der Waals surface area contributed by atoms with E-state index < -0.39 is 0 Å². The summed E-state index contributed by atoms with van der Waals surface area (Å²) < 4.78 is 5.84. The second-order valence-electron chi connectivity index (χ2n) is 8.30. The first kappa shape index (κ1) is 20.7. The fraction of sp³-hybridized carbons (Fsp3) is 0.652. The quantitative estimate of drug-likeness (QED) is 0.771. The summed E-state index contributed by atoms with van der Waals surface area (Å²) in [5.74, 6) is 1.52. The van der Waals surface area contributed by atoms with Crippen molar-refractivity contribution >= 4 is 5.91 Å². The van der Waals surface area contributed by atoms with Gasteiger partial charge in [-0.3, -0.25) is 4.79 Å². The minimum absolute atomic E-state index is 0.133. The second kappa shape index (κ2) is 10.5. The number of ether oxygens (including phenoxy) is 1. The summed E-state index contributed by atoms with van der Waals surface area (Å²) >= 11 is 0. The maximum absolute atomic E-state index is 13.0. The predicted molar refractivity (Wildman–Crippen MR) is 110 cm³/mol. The van der Waals surface area contributed by atoms with Crippen molar-refractivity contribution in [1.29, 1.82) is 5.26 Å². The average molecular weight is 384 g/mol. The van der Waals surface area contributed by atoms with Crippen molar-refractivity contribution in [3.63, 3.8) is 0 Å². The van der Waals surface area contributed by atoms with Crippen molar-refractivity contribution in [2.24, 2.45) is 11.7 Å². The highest BCUT2D eigenvalue weighted by Crippen LogP contribution is 2.28. The molecule has 0 radical (unpaired) electrons. The highest BCUT2D eigenvalue weighted by atomic mass is 16.5. The van der Waals surface area contributed by atoms with E-state index in [1.807, 2.05) is 17.0 Å². The molecule has 1 amide bonds. The van der Waals surface area contributed by atoms with Crippen molar-refractivity contribution in [2.45, 2.75) is 76.3 Å². The first-order valence-corrected chi connectivity index (χ1v) is 10.9. The van der Waals surface area contributed by atoms with Gasteiger partial charge in [-0.2, -0.15) is 5.26 Å². The third-order valence-electron chi connectivity index (χ3n) is 6.24. The van der Waals surface area contributed by atoms with Crippen LogP contribution in [0.5, 0.6) is 5.75 Å². The molecular formula is C23H33N3O2. The zero-order chi connectivity index (χ0) is 19.8. The molecule has 3 rings (SSSR count). The van der Waals surface area contributed by atoms with Crippen LogP contribution < -0.4 is 10.5 Å². The van der Waals surface area contributed by atoms with E-state index in [0.717, 1.165) is 44.4 Å². The number of benzene rings is 1. The zero-order valence-corrected chi connectivity index (χ0v) is 16.8. The van der Waals surface area contributed by atoms with E-state index in [2.05, 4.69) is 6.07 Å². The summed E-state index contributed by atoms with van der Waals surface area (Å²) in [6, 6.07) is 9.13. The van der Waals surface area contributed by atoms with Crippen molar-refractivity contribution in [3.8, 4) is 11.8 Å². The number of piperidine rings is 1. The summed E-state index contributed by atoms with van der Waals surface area (Å²) in [7, 11) is 0. The molecular weight excluding hydrogens is 350 g/mol. The lowest BCUT2D eigenvalue weighted by atomic mass is 9.84. The number of nitrogens with zero attached hydrogens (tertiary/aromatic N) is 2. The van der Waals surface area contributed by atoms with Crippen LogP contribution in [0.25, 0.3) is 0 Å². The number of hydrogen-bond donors (Lipinski definition) is 1. The van der Waals surface area contributed by atoms with Gasteiger partial charge in [-0.05, 0) is 55.9 Å². The minimum Gasteiger partial charge on any atom is -0.494 e. The van der Waals surface area contributed by atoms with Crippen LogP contribution >= 0.6 is 0 Å². The summed E-state index contributed by atoms with van der Waals surface area (Å²) in [6.45, 7) is 1.39. The molecule has 152 valence electrons. The predicted octanol–water partition coefficient (Wildman–Crippen LogP) is 4.01. The van der Waals surface area contributed by atoms with Gasteiger partial charge in [0.2, 0.25) is 5.91 Å². The molecule has 5 heteroatoms.